The molecule has 0 aliphatic carbocycles. The standard InChI is InChI=1S/C19H27N5/c1-4-22-11-13-23(14-12-22)18-9-10-20-19(21-18)24(5-2)17-8-6-7-16(3)15-17/h6-10,15H,4-5,11-14H2,1-3H3. The summed E-state index contributed by atoms with van der Waals surface area (Å²) in [6.45, 7) is 12.7. The number of anilines is 3. The highest BCUT2D eigenvalue weighted by atomic mass is 15.3. The van der Waals surface area contributed by atoms with E-state index in [2.05, 4.69) is 64.7 Å². The van der Waals surface area contributed by atoms with Crippen molar-refractivity contribution in [2.75, 3.05) is 49.1 Å². The van der Waals surface area contributed by atoms with Gasteiger partial charge in [-0.05, 0) is 44.2 Å². The SMILES string of the molecule is CCN1CCN(c2ccnc(N(CC)c3cccc(C)c3)n2)CC1. The predicted molar refractivity (Wildman–Crippen MR) is 100 cm³/mol. The van der Waals surface area contributed by atoms with E-state index in [0.717, 1.165) is 56.7 Å². The molecule has 3 rings (SSSR count). The topological polar surface area (TPSA) is 35.5 Å². The molecule has 1 saturated heterocycles. The molecule has 1 aliphatic rings. The zero-order chi connectivity index (χ0) is 16.9. The quantitative estimate of drug-likeness (QED) is 0.844. The maximum absolute atomic E-state index is 4.85. The van der Waals surface area contributed by atoms with Crippen LogP contribution in [0.1, 0.15) is 19.4 Å². The van der Waals surface area contributed by atoms with E-state index in [1.54, 1.807) is 0 Å². The highest BCUT2D eigenvalue weighted by Crippen LogP contribution is 2.24. The van der Waals surface area contributed by atoms with Gasteiger partial charge < -0.3 is 14.7 Å². The Hall–Kier alpha value is -2.14. The minimum Gasteiger partial charge on any atom is -0.354 e. The monoisotopic (exact) mass is 325 g/mol. The molecule has 2 aromatic rings. The second kappa shape index (κ2) is 7.62. The van der Waals surface area contributed by atoms with Crippen molar-refractivity contribution < 1.29 is 0 Å². The van der Waals surface area contributed by atoms with Gasteiger partial charge in [0, 0.05) is 44.6 Å². The minimum absolute atomic E-state index is 0.776. The molecule has 24 heavy (non-hydrogen) atoms. The summed E-state index contributed by atoms with van der Waals surface area (Å²) in [5.74, 6) is 1.81. The number of piperazine rings is 1. The highest BCUT2D eigenvalue weighted by Gasteiger charge is 2.18. The lowest BCUT2D eigenvalue weighted by molar-refractivity contribution is 0.270. The average molecular weight is 325 g/mol. The summed E-state index contributed by atoms with van der Waals surface area (Å²) >= 11 is 0. The summed E-state index contributed by atoms with van der Waals surface area (Å²) in [6.07, 6.45) is 1.88. The summed E-state index contributed by atoms with van der Waals surface area (Å²) < 4.78 is 0. The lowest BCUT2D eigenvalue weighted by Crippen LogP contribution is -2.46. The largest absolute Gasteiger partial charge is 0.354 e. The van der Waals surface area contributed by atoms with Gasteiger partial charge in [-0.15, -0.1) is 0 Å². The van der Waals surface area contributed by atoms with Crippen LogP contribution < -0.4 is 9.80 Å². The van der Waals surface area contributed by atoms with Crippen molar-refractivity contribution in [1.29, 1.82) is 0 Å². The van der Waals surface area contributed by atoms with Crippen LogP contribution >= 0.6 is 0 Å². The van der Waals surface area contributed by atoms with Gasteiger partial charge in [-0.1, -0.05) is 19.1 Å². The molecular formula is C19H27N5. The van der Waals surface area contributed by atoms with Crippen molar-refractivity contribution >= 4 is 17.5 Å². The number of aryl methyl sites for hydroxylation is 1. The van der Waals surface area contributed by atoms with Crippen molar-refractivity contribution in [3.63, 3.8) is 0 Å². The summed E-state index contributed by atoms with van der Waals surface area (Å²) in [4.78, 5) is 16.4. The van der Waals surface area contributed by atoms with Gasteiger partial charge in [0.25, 0.3) is 0 Å². The van der Waals surface area contributed by atoms with Crippen molar-refractivity contribution in [3.8, 4) is 0 Å². The maximum Gasteiger partial charge on any atom is 0.231 e. The Balaban J connectivity index is 1.81. The molecule has 0 saturated carbocycles. The molecule has 0 spiro atoms. The normalized spacial score (nSPS) is 15.5. The van der Waals surface area contributed by atoms with E-state index >= 15 is 0 Å². The van der Waals surface area contributed by atoms with Gasteiger partial charge in [0.15, 0.2) is 0 Å². The molecule has 0 N–H and O–H groups in total. The molecule has 0 amide bonds. The fraction of sp³-hybridized carbons (Fsp3) is 0.474. The van der Waals surface area contributed by atoms with E-state index in [4.69, 9.17) is 4.98 Å². The number of hydrogen-bond donors (Lipinski definition) is 0. The Bertz CT molecular complexity index is 664. The Morgan fingerprint density at radius 3 is 2.54 bits per heavy atom. The number of benzene rings is 1. The van der Waals surface area contributed by atoms with E-state index < -0.39 is 0 Å². The van der Waals surface area contributed by atoms with Gasteiger partial charge in [-0.25, -0.2) is 4.98 Å². The van der Waals surface area contributed by atoms with Crippen LogP contribution in [0.4, 0.5) is 17.5 Å². The molecule has 0 atom stereocenters. The smallest absolute Gasteiger partial charge is 0.231 e. The van der Waals surface area contributed by atoms with E-state index in [-0.39, 0.29) is 0 Å². The van der Waals surface area contributed by atoms with Crippen molar-refractivity contribution in [1.82, 2.24) is 14.9 Å². The van der Waals surface area contributed by atoms with Gasteiger partial charge in [0.05, 0.1) is 0 Å². The van der Waals surface area contributed by atoms with Crippen LogP contribution in [-0.2, 0) is 0 Å². The molecule has 0 radical (unpaired) electrons. The van der Waals surface area contributed by atoms with Crippen LogP contribution in [0.5, 0.6) is 0 Å². The lowest BCUT2D eigenvalue weighted by atomic mass is 10.2. The van der Waals surface area contributed by atoms with Crippen LogP contribution in [0, 0.1) is 6.92 Å². The first-order valence-electron chi connectivity index (χ1n) is 8.85. The maximum atomic E-state index is 4.85. The van der Waals surface area contributed by atoms with E-state index in [1.807, 2.05) is 12.3 Å². The van der Waals surface area contributed by atoms with Crippen LogP contribution in [0.25, 0.3) is 0 Å². The Labute approximate surface area is 144 Å². The fourth-order valence-electron chi connectivity index (χ4n) is 3.17. The third kappa shape index (κ3) is 3.67. The number of hydrogen-bond acceptors (Lipinski definition) is 5. The van der Waals surface area contributed by atoms with Gasteiger partial charge >= 0.3 is 0 Å². The first kappa shape index (κ1) is 16.7. The van der Waals surface area contributed by atoms with Crippen LogP contribution in [0.15, 0.2) is 36.5 Å². The third-order valence-corrected chi connectivity index (χ3v) is 4.64. The van der Waals surface area contributed by atoms with Gasteiger partial charge in [0.1, 0.15) is 5.82 Å². The second-order valence-corrected chi connectivity index (χ2v) is 6.22. The van der Waals surface area contributed by atoms with Crippen molar-refractivity contribution in [2.24, 2.45) is 0 Å². The van der Waals surface area contributed by atoms with E-state index in [1.165, 1.54) is 5.56 Å². The summed E-state index contributed by atoms with van der Waals surface area (Å²) in [6, 6.07) is 10.5. The summed E-state index contributed by atoms with van der Waals surface area (Å²) in [5, 5.41) is 0. The summed E-state index contributed by atoms with van der Waals surface area (Å²) in [7, 11) is 0. The van der Waals surface area contributed by atoms with Crippen molar-refractivity contribution in [3.05, 3.63) is 42.1 Å². The third-order valence-electron chi connectivity index (χ3n) is 4.64. The Morgan fingerprint density at radius 2 is 1.88 bits per heavy atom. The molecule has 5 heteroatoms. The van der Waals surface area contributed by atoms with Gasteiger partial charge in [-0.2, -0.15) is 4.98 Å². The molecule has 1 aliphatic heterocycles. The zero-order valence-electron chi connectivity index (χ0n) is 14.9. The second-order valence-electron chi connectivity index (χ2n) is 6.22. The van der Waals surface area contributed by atoms with Gasteiger partial charge in [-0.3, -0.25) is 0 Å². The molecule has 1 aromatic carbocycles. The fourth-order valence-corrected chi connectivity index (χ4v) is 3.17. The molecular weight excluding hydrogens is 298 g/mol. The lowest BCUT2D eigenvalue weighted by Gasteiger charge is -2.35. The first-order valence-corrected chi connectivity index (χ1v) is 8.85. The highest BCUT2D eigenvalue weighted by molar-refractivity contribution is 5.59. The Morgan fingerprint density at radius 1 is 1.08 bits per heavy atom. The molecule has 0 bridgehead atoms. The number of aromatic nitrogens is 2. The van der Waals surface area contributed by atoms with Crippen LogP contribution in [0.2, 0.25) is 0 Å². The molecule has 5 nitrogen and oxygen atoms in total. The molecule has 0 unspecified atom stereocenters. The molecule has 1 aromatic heterocycles. The zero-order valence-corrected chi connectivity index (χ0v) is 14.9. The van der Waals surface area contributed by atoms with E-state index in [0.29, 0.717) is 0 Å². The predicted octanol–water partition coefficient (Wildman–Crippen LogP) is 3.08. The Kier molecular flexibility index (Phi) is 5.30. The first-order chi connectivity index (χ1) is 11.7. The molecule has 2 heterocycles. The van der Waals surface area contributed by atoms with Gasteiger partial charge in [0.2, 0.25) is 5.95 Å². The van der Waals surface area contributed by atoms with Crippen LogP contribution in [-0.4, -0.2) is 54.1 Å². The number of likely N-dealkylation sites (N-methyl/N-ethyl adjacent to an activating group) is 1. The average Bonchev–Trinajstić information content (AvgIpc) is 2.63. The molecule has 1 fully saturated rings. The van der Waals surface area contributed by atoms with E-state index in [9.17, 15) is 0 Å². The number of nitrogens with zero attached hydrogens (tertiary/aromatic N) is 5. The molecule has 128 valence electrons. The summed E-state index contributed by atoms with van der Waals surface area (Å²) in [5.41, 5.74) is 2.39. The minimum atomic E-state index is 0.776. The van der Waals surface area contributed by atoms with Crippen molar-refractivity contribution in [2.45, 2.75) is 20.8 Å². The number of rotatable bonds is 5. The van der Waals surface area contributed by atoms with Crippen LogP contribution in [0.3, 0.4) is 0 Å².